The quantitative estimate of drug-likeness (QED) is 0.689. The maximum Gasteiger partial charge on any atom is 0.233 e. The van der Waals surface area contributed by atoms with Crippen LogP contribution in [0.3, 0.4) is 0 Å². The SMILES string of the molecule is CCC(C)(CN)C(=O)N1CCN(CC(=O)NC)CC1. The minimum atomic E-state index is -0.455. The van der Waals surface area contributed by atoms with Crippen molar-refractivity contribution in [2.75, 3.05) is 46.3 Å². The second kappa shape index (κ2) is 6.86. The number of hydrogen-bond acceptors (Lipinski definition) is 4. The number of carbonyl (C=O) groups excluding carboxylic acids is 2. The van der Waals surface area contributed by atoms with Gasteiger partial charge in [-0.3, -0.25) is 14.5 Å². The molecule has 0 aromatic rings. The van der Waals surface area contributed by atoms with Crippen LogP contribution in [-0.4, -0.2) is 67.9 Å². The zero-order valence-corrected chi connectivity index (χ0v) is 12.2. The zero-order chi connectivity index (χ0) is 14.5. The Bertz CT molecular complexity index is 321. The third kappa shape index (κ3) is 3.91. The van der Waals surface area contributed by atoms with Crippen molar-refractivity contribution in [3.8, 4) is 0 Å². The lowest BCUT2D eigenvalue weighted by Crippen LogP contribution is -2.55. The van der Waals surface area contributed by atoms with Crippen LogP contribution >= 0.6 is 0 Å². The number of carbonyl (C=O) groups is 2. The Morgan fingerprint density at radius 2 is 1.84 bits per heavy atom. The molecule has 0 radical (unpaired) electrons. The summed E-state index contributed by atoms with van der Waals surface area (Å²) in [6, 6.07) is 0. The van der Waals surface area contributed by atoms with E-state index in [1.807, 2.05) is 18.7 Å². The van der Waals surface area contributed by atoms with Gasteiger partial charge in [0.2, 0.25) is 11.8 Å². The molecule has 0 aliphatic carbocycles. The fourth-order valence-electron chi connectivity index (χ4n) is 2.16. The molecule has 19 heavy (non-hydrogen) atoms. The van der Waals surface area contributed by atoms with E-state index in [2.05, 4.69) is 10.2 Å². The van der Waals surface area contributed by atoms with E-state index < -0.39 is 5.41 Å². The summed E-state index contributed by atoms with van der Waals surface area (Å²) >= 11 is 0. The molecule has 1 fully saturated rings. The van der Waals surface area contributed by atoms with Crippen LogP contribution in [0, 0.1) is 5.41 Å². The molecule has 0 spiro atoms. The first-order valence-electron chi connectivity index (χ1n) is 6.89. The van der Waals surface area contributed by atoms with E-state index in [9.17, 15) is 9.59 Å². The highest BCUT2D eigenvalue weighted by atomic mass is 16.2. The summed E-state index contributed by atoms with van der Waals surface area (Å²) in [5.74, 6) is 0.150. The van der Waals surface area contributed by atoms with Crippen LogP contribution in [0.2, 0.25) is 0 Å². The van der Waals surface area contributed by atoms with Gasteiger partial charge in [-0.25, -0.2) is 0 Å². The van der Waals surface area contributed by atoms with Gasteiger partial charge in [-0.05, 0) is 13.3 Å². The van der Waals surface area contributed by atoms with Crippen LogP contribution in [0.4, 0.5) is 0 Å². The highest BCUT2D eigenvalue weighted by Gasteiger charge is 2.35. The first-order valence-corrected chi connectivity index (χ1v) is 6.89. The number of rotatable bonds is 5. The average Bonchev–Trinajstić information content (AvgIpc) is 2.46. The third-order valence-corrected chi connectivity index (χ3v) is 4.05. The normalized spacial score (nSPS) is 19.9. The van der Waals surface area contributed by atoms with E-state index >= 15 is 0 Å². The summed E-state index contributed by atoms with van der Waals surface area (Å²) in [4.78, 5) is 27.6. The number of nitrogens with two attached hydrogens (primary N) is 1. The Labute approximate surface area is 115 Å². The average molecular weight is 270 g/mol. The fourth-order valence-corrected chi connectivity index (χ4v) is 2.16. The van der Waals surface area contributed by atoms with Gasteiger partial charge in [-0.2, -0.15) is 0 Å². The van der Waals surface area contributed by atoms with Crippen molar-refractivity contribution in [3.63, 3.8) is 0 Å². The molecule has 1 aliphatic heterocycles. The lowest BCUT2D eigenvalue weighted by Gasteiger charge is -2.38. The first-order chi connectivity index (χ1) is 8.96. The third-order valence-electron chi connectivity index (χ3n) is 4.05. The molecular weight excluding hydrogens is 244 g/mol. The lowest BCUT2D eigenvalue weighted by molar-refractivity contribution is -0.142. The molecule has 6 nitrogen and oxygen atoms in total. The van der Waals surface area contributed by atoms with Crippen LogP contribution in [-0.2, 0) is 9.59 Å². The fraction of sp³-hybridized carbons (Fsp3) is 0.846. The lowest BCUT2D eigenvalue weighted by atomic mass is 9.86. The molecule has 3 N–H and O–H groups in total. The van der Waals surface area contributed by atoms with Crippen molar-refractivity contribution < 1.29 is 9.59 Å². The van der Waals surface area contributed by atoms with Crippen molar-refractivity contribution in [2.24, 2.45) is 11.1 Å². The van der Waals surface area contributed by atoms with E-state index in [4.69, 9.17) is 5.73 Å². The first kappa shape index (κ1) is 15.9. The van der Waals surface area contributed by atoms with Crippen molar-refractivity contribution in [2.45, 2.75) is 20.3 Å². The number of amides is 2. The maximum atomic E-state index is 12.4. The highest BCUT2D eigenvalue weighted by molar-refractivity contribution is 5.82. The minimum absolute atomic E-state index is 0.0140. The molecule has 0 saturated carbocycles. The van der Waals surface area contributed by atoms with Gasteiger partial charge in [0.05, 0.1) is 12.0 Å². The summed E-state index contributed by atoms with van der Waals surface area (Å²) in [5, 5.41) is 2.61. The Morgan fingerprint density at radius 3 is 2.26 bits per heavy atom. The van der Waals surface area contributed by atoms with Crippen LogP contribution in [0.5, 0.6) is 0 Å². The number of nitrogens with one attached hydrogen (secondary N) is 1. The number of likely N-dealkylation sites (N-methyl/N-ethyl adjacent to an activating group) is 1. The van der Waals surface area contributed by atoms with Crippen molar-refractivity contribution in [1.82, 2.24) is 15.1 Å². The molecule has 6 heteroatoms. The summed E-state index contributed by atoms with van der Waals surface area (Å²) in [6.45, 7) is 7.52. The molecule has 110 valence electrons. The van der Waals surface area contributed by atoms with Crippen molar-refractivity contribution in [1.29, 1.82) is 0 Å². The molecule has 1 atom stereocenters. The summed E-state index contributed by atoms with van der Waals surface area (Å²) in [5.41, 5.74) is 5.27. The summed E-state index contributed by atoms with van der Waals surface area (Å²) in [7, 11) is 1.63. The van der Waals surface area contributed by atoms with Gasteiger partial charge >= 0.3 is 0 Å². The smallest absolute Gasteiger partial charge is 0.233 e. The standard InChI is InChI=1S/C13H26N4O2/c1-4-13(2,10-14)12(19)17-7-5-16(6-8-17)9-11(18)15-3/h4-10,14H2,1-3H3,(H,15,18). The predicted octanol–water partition coefficient (Wildman–Crippen LogP) is -0.748. The Hall–Kier alpha value is -1.14. The zero-order valence-electron chi connectivity index (χ0n) is 12.2. The van der Waals surface area contributed by atoms with Crippen LogP contribution in [0.1, 0.15) is 20.3 Å². The molecule has 0 aromatic carbocycles. The van der Waals surface area contributed by atoms with Crippen molar-refractivity contribution >= 4 is 11.8 Å². The van der Waals surface area contributed by atoms with E-state index in [-0.39, 0.29) is 11.8 Å². The Balaban J connectivity index is 2.49. The Morgan fingerprint density at radius 1 is 1.26 bits per heavy atom. The molecule has 1 saturated heterocycles. The molecule has 0 bridgehead atoms. The van der Waals surface area contributed by atoms with Crippen LogP contribution < -0.4 is 11.1 Å². The molecule has 0 aromatic heterocycles. The number of piperazine rings is 1. The van der Waals surface area contributed by atoms with Gasteiger partial charge in [0, 0.05) is 39.8 Å². The Kier molecular flexibility index (Phi) is 5.75. The second-order valence-corrected chi connectivity index (χ2v) is 5.36. The maximum absolute atomic E-state index is 12.4. The van der Waals surface area contributed by atoms with E-state index in [1.165, 1.54) is 0 Å². The molecule has 1 rings (SSSR count). The van der Waals surface area contributed by atoms with Crippen LogP contribution in [0.25, 0.3) is 0 Å². The largest absolute Gasteiger partial charge is 0.358 e. The van der Waals surface area contributed by atoms with Crippen LogP contribution in [0.15, 0.2) is 0 Å². The van der Waals surface area contributed by atoms with Gasteiger partial charge in [0.25, 0.3) is 0 Å². The minimum Gasteiger partial charge on any atom is -0.358 e. The number of hydrogen-bond donors (Lipinski definition) is 2. The molecule has 2 amide bonds. The van der Waals surface area contributed by atoms with E-state index in [0.29, 0.717) is 26.2 Å². The summed E-state index contributed by atoms with van der Waals surface area (Å²) < 4.78 is 0. The number of nitrogens with zero attached hydrogens (tertiary/aromatic N) is 2. The molecule has 1 unspecified atom stereocenters. The van der Waals surface area contributed by atoms with Gasteiger partial charge in [-0.1, -0.05) is 6.92 Å². The monoisotopic (exact) mass is 270 g/mol. The summed E-state index contributed by atoms with van der Waals surface area (Å²) in [6.07, 6.45) is 0.751. The van der Waals surface area contributed by atoms with Gasteiger partial charge in [0.1, 0.15) is 0 Å². The molecular formula is C13H26N4O2. The molecule has 1 heterocycles. The topological polar surface area (TPSA) is 78.7 Å². The van der Waals surface area contributed by atoms with Gasteiger partial charge < -0.3 is 16.0 Å². The predicted molar refractivity (Wildman–Crippen MR) is 74.5 cm³/mol. The van der Waals surface area contributed by atoms with E-state index in [1.54, 1.807) is 7.05 Å². The van der Waals surface area contributed by atoms with Gasteiger partial charge in [-0.15, -0.1) is 0 Å². The highest BCUT2D eigenvalue weighted by Crippen LogP contribution is 2.23. The van der Waals surface area contributed by atoms with E-state index in [0.717, 1.165) is 19.5 Å². The molecule has 1 aliphatic rings. The van der Waals surface area contributed by atoms with Crippen molar-refractivity contribution in [3.05, 3.63) is 0 Å². The van der Waals surface area contributed by atoms with Gasteiger partial charge in [0.15, 0.2) is 0 Å². The second-order valence-electron chi connectivity index (χ2n) is 5.36.